The summed E-state index contributed by atoms with van der Waals surface area (Å²) in [5.74, 6) is 0.0897. The van der Waals surface area contributed by atoms with E-state index in [9.17, 15) is 4.79 Å². The minimum Gasteiger partial charge on any atom is -0.381 e. The number of hydrogen-bond donors (Lipinski definition) is 0. The van der Waals surface area contributed by atoms with Gasteiger partial charge in [-0.15, -0.1) is 0 Å². The molecule has 0 unspecified atom stereocenters. The summed E-state index contributed by atoms with van der Waals surface area (Å²) in [6, 6.07) is 0.708. The van der Waals surface area contributed by atoms with Gasteiger partial charge in [-0.05, 0) is 19.4 Å². The predicted octanol–water partition coefficient (Wildman–Crippen LogP) is 1.81. The van der Waals surface area contributed by atoms with Crippen LogP contribution in [0.4, 0.5) is 0 Å². The van der Waals surface area contributed by atoms with E-state index in [1.807, 2.05) is 6.92 Å². The van der Waals surface area contributed by atoms with E-state index in [0.717, 1.165) is 6.42 Å². The highest BCUT2D eigenvalue weighted by molar-refractivity contribution is 6.60. The largest absolute Gasteiger partial charge is 0.500 e. The van der Waals surface area contributed by atoms with Gasteiger partial charge in [-0.25, -0.2) is 0 Å². The molecule has 0 aromatic carbocycles. The highest BCUT2D eigenvalue weighted by Gasteiger charge is 2.36. The maximum atomic E-state index is 11.2. The lowest BCUT2D eigenvalue weighted by Crippen LogP contribution is -2.42. The Morgan fingerprint density at radius 3 is 2.22 bits per heavy atom. The minimum atomic E-state index is -2.47. The van der Waals surface area contributed by atoms with Crippen LogP contribution in [0.1, 0.15) is 19.8 Å². The molecule has 0 rings (SSSR count). The van der Waals surface area contributed by atoms with Crippen molar-refractivity contribution >= 4 is 14.6 Å². The monoisotopic (exact) mass is 276 g/mol. The molecule has 0 radical (unpaired) electrons. The van der Waals surface area contributed by atoms with E-state index < -0.39 is 8.80 Å². The third-order valence-corrected chi connectivity index (χ3v) is 5.38. The van der Waals surface area contributed by atoms with Crippen molar-refractivity contribution in [1.29, 1.82) is 0 Å². The van der Waals surface area contributed by atoms with Crippen LogP contribution in [0, 0.1) is 0 Å². The zero-order chi connectivity index (χ0) is 13.9. The molecule has 5 nitrogen and oxygen atoms in total. The van der Waals surface area contributed by atoms with E-state index in [1.54, 1.807) is 33.5 Å². The van der Waals surface area contributed by atoms with Crippen LogP contribution >= 0.6 is 0 Å². The third-order valence-electron chi connectivity index (χ3n) is 2.55. The molecule has 0 aliphatic rings. The van der Waals surface area contributed by atoms with Crippen LogP contribution in [0.5, 0.6) is 0 Å². The van der Waals surface area contributed by atoms with E-state index in [0.29, 0.717) is 25.7 Å². The smallest absolute Gasteiger partial charge is 0.381 e. The average Bonchev–Trinajstić information content (AvgIpc) is 2.39. The van der Waals surface area contributed by atoms with Crippen LogP contribution < -0.4 is 0 Å². The highest BCUT2D eigenvalue weighted by atomic mass is 28.4. The van der Waals surface area contributed by atoms with Crippen molar-refractivity contribution in [2.24, 2.45) is 0 Å². The topological polar surface area (TPSA) is 54.0 Å². The first-order valence-corrected chi connectivity index (χ1v) is 7.96. The first-order valence-electron chi connectivity index (χ1n) is 6.03. The number of allylic oxidation sites excluding steroid dienone is 2. The number of carbonyl (C=O) groups is 1. The molecule has 0 atom stereocenters. The van der Waals surface area contributed by atoms with E-state index in [-0.39, 0.29) is 5.78 Å². The molecule has 18 heavy (non-hydrogen) atoms. The quantitative estimate of drug-likeness (QED) is 0.327. The van der Waals surface area contributed by atoms with Gasteiger partial charge in [0.15, 0.2) is 5.78 Å². The number of carbonyl (C=O) groups excluding carboxylic acids is 1. The van der Waals surface area contributed by atoms with E-state index in [1.165, 1.54) is 0 Å². The van der Waals surface area contributed by atoms with Crippen LogP contribution in [0.3, 0.4) is 0 Å². The van der Waals surface area contributed by atoms with Crippen molar-refractivity contribution in [1.82, 2.24) is 0 Å². The summed E-state index contributed by atoms with van der Waals surface area (Å²) < 4.78 is 21.2. The second kappa shape index (κ2) is 10.4. The molecule has 0 aromatic rings. The zero-order valence-corrected chi connectivity index (χ0v) is 12.7. The standard InChI is InChI=1S/C12H24O5Si/c1-5-7-12(13)8-10-17-9-6-11-18(14-2,15-3)16-4/h5,7H,6,8-11H2,1-4H3. The second-order valence-electron chi connectivity index (χ2n) is 3.73. The van der Waals surface area contributed by atoms with Gasteiger partial charge in [0.2, 0.25) is 0 Å². The summed E-state index contributed by atoms with van der Waals surface area (Å²) in [6.45, 7) is 2.85. The van der Waals surface area contributed by atoms with Gasteiger partial charge in [0.05, 0.1) is 6.61 Å². The zero-order valence-electron chi connectivity index (χ0n) is 11.7. The SMILES string of the molecule is CC=CC(=O)CCOCCC[Si](OC)(OC)OC. The Kier molecular flexibility index (Phi) is 10.1. The molecular formula is C12H24O5Si. The first kappa shape index (κ1) is 17.5. The van der Waals surface area contributed by atoms with Gasteiger partial charge in [-0.3, -0.25) is 4.79 Å². The van der Waals surface area contributed by atoms with Crippen molar-refractivity contribution in [3.05, 3.63) is 12.2 Å². The van der Waals surface area contributed by atoms with Crippen LogP contribution in [0.2, 0.25) is 6.04 Å². The average molecular weight is 276 g/mol. The van der Waals surface area contributed by atoms with E-state index in [4.69, 9.17) is 18.0 Å². The Morgan fingerprint density at radius 2 is 1.72 bits per heavy atom. The molecule has 0 heterocycles. The summed E-state index contributed by atoms with van der Waals surface area (Å²) in [7, 11) is 2.31. The maximum Gasteiger partial charge on any atom is 0.500 e. The Hall–Kier alpha value is -0.533. The number of ketones is 1. The summed E-state index contributed by atoms with van der Waals surface area (Å²) in [5, 5.41) is 0. The Bertz CT molecular complexity index is 243. The molecule has 0 aliphatic heterocycles. The summed E-state index contributed by atoms with van der Waals surface area (Å²) in [4.78, 5) is 11.2. The van der Waals surface area contributed by atoms with E-state index in [2.05, 4.69) is 0 Å². The molecular weight excluding hydrogens is 252 g/mol. The van der Waals surface area contributed by atoms with Gasteiger partial charge < -0.3 is 18.0 Å². The highest BCUT2D eigenvalue weighted by Crippen LogP contribution is 2.14. The molecule has 0 bridgehead atoms. The molecule has 6 heteroatoms. The molecule has 0 fully saturated rings. The van der Waals surface area contributed by atoms with Gasteiger partial charge >= 0.3 is 8.80 Å². The van der Waals surface area contributed by atoms with Crippen LogP contribution in [0.15, 0.2) is 12.2 Å². The first-order chi connectivity index (χ1) is 8.64. The molecule has 0 saturated carbocycles. The molecule has 0 saturated heterocycles. The lowest BCUT2D eigenvalue weighted by molar-refractivity contribution is -0.115. The van der Waals surface area contributed by atoms with Crippen LogP contribution in [-0.2, 0) is 22.8 Å². The van der Waals surface area contributed by atoms with Crippen molar-refractivity contribution in [2.45, 2.75) is 25.8 Å². The van der Waals surface area contributed by atoms with Gasteiger partial charge in [0.25, 0.3) is 0 Å². The van der Waals surface area contributed by atoms with Crippen LogP contribution in [0.25, 0.3) is 0 Å². The Balaban J connectivity index is 3.64. The van der Waals surface area contributed by atoms with Crippen molar-refractivity contribution in [3.63, 3.8) is 0 Å². The summed E-state index contributed by atoms with van der Waals surface area (Å²) >= 11 is 0. The predicted molar refractivity (Wildman–Crippen MR) is 71.5 cm³/mol. The summed E-state index contributed by atoms with van der Waals surface area (Å²) in [5.41, 5.74) is 0. The maximum absolute atomic E-state index is 11.2. The fourth-order valence-corrected chi connectivity index (χ4v) is 3.18. The Morgan fingerprint density at radius 1 is 1.11 bits per heavy atom. The molecule has 0 N–H and O–H groups in total. The summed E-state index contributed by atoms with van der Waals surface area (Å²) in [6.07, 6.45) is 4.51. The van der Waals surface area contributed by atoms with Crippen LogP contribution in [-0.4, -0.2) is 49.1 Å². The fourth-order valence-electron chi connectivity index (χ4n) is 1.49. The fraction of sp³-hybridized carbons (Fsp3) is 0.750. The molecule has 0 spiro atoms. The van der Waals surface area contributed by atoms with Gasteiger partial charge in [-0.1, -0.05) is 6.08 Å². The van der Waals surface area contributed by atoms with Gasteiger partial charge in [0, 0.05) is 40.4 Å². The lowest BCUT2D eigenvalue weighted by Gasteiger charge is -2.24. The number of hydrogen-bond acceptors (Lipinski definition) is 5. The van der Waals surface area contributed by atoms with Crippen molar-refractivity contribution < 1.29 is 22.8 Å². The van der Waals surface area contributed by atoms with Gasteiger partial charge in [-0.2, -0.15) is 0 Å². The molecule has 0 aromatic heterocycles. The van der Waals surface area contributed by atoms with E-state index >= 15 is 0 Å². The third kappa shape index (κ3) is 7.02. The second-order valence-corrected chi connectivity index (χ2v) is 6.82. The normalized spacial score (nSPS) is 12.2. The molecule has 0 amide bonds. The van der Waals surface area contributed by atoms with Crippen molar-refractivity contribution in [2.75, 3.05) is 34.5 Å². The minimum absolute atomic E-state index is 0.0897. The lowest BCUT2D eigenvalue weighted by atomic mass is 10.3. The molecule has 106 valence electrons. The van der Waals surface area contributed by atoms with Crippen molar-refractivity contribution in [3.8, 4) is 0 Å². The van der Waals surface area contributed by atoms with Gasteiger partial charge in [0.1, 0.15) is 0 Å². The molecule has 0 aliphatic carbocycles. The number of rotatable bonds is 11. The Labute approximate surface area is 110 Å². The number of ether oxygens (including phenoxy) is 1.